The molecule has 1 fully saturated rings. The average Bonchev–Trinajstić information content (AvgIpc) is 2.17. The van der Waals surface area contributed by atoms with Gasteiger partial charge in [-0.15, -0.1) is 0 Å². The highest BCUT2D eigenvalue weighted by Gasteiger charge is 2.21. The second-order valence-corrected chi connectivity index (χ2v) is 3.95. The molecule has 0 aliphatic carbocycles. The maximum Gasteiger partial charge on any atom is 0.111 e. The number of ether oxygens (including phenoxy) is 1. The molecule has 74 valence electrons. The van der Waals surface area contributed by atoms with Gasteiger partial charge in [0.2, 0.25) is 0 Å². The van der Waals surface area contributed by atoms with Gasteiger partial charge in [0.15, 0.2) is 0 Å². The SMILES string of the molecule is [B]C1CN(c2ccc(C)cc2)CC([B])O1. The van der Waals surface area contributed by atoms with Crippen molar-refractivity contribution in [1.82, 2.24) is 0 Å². The summed E-state index contributed by atoms with van der Waals surface area (Å²) in [5.41, 5.74) is 2.40. The Morgan fingerprint density at radius 2 is 1.67 bits per heavy atom. The number of rotatable bonds is 1. The Balaban J connectivity index is 2.12. The van der Waals surface area contributed by atoms with Gasteiger partial charge >= 0.3 is 0 Å². The van der Waals surface area contributed by atoms with Crippen molar-refractivity contribution in [3.8, 4) is 0 Å². The van der Waals surface area contributed by atoms with Gasteiger partial charge in [-0.25, -0.2) is 0 Å². The van der Waals surface area contributed by atoms with Gasteiger partial charge in [-0.05, 0) is 19.1 Å². The van der Waals surface area contributed by atoms with E-state index in [2.05, 4.69) is 36.1 Å². The fraction of sp³-hybridized carbons (Fsp3) is 0.455. The Morgan fingerprint density at radius 3 is 2.20 bits per heavy atom. The van der Waals surface area contributed by atoms with Crippen LogP contribution in [0, 0.1) is 6.92 Å². The van der Waals surface area contributed by atoms with Crippen LogP contribution in [0.15, 0.2) is 24.3 Å². The molecule has 0 spiro atoms. The Kier molecular flexibility index (Phi) is 3.06. The van der Waals surface area contributed by atoms with Gasteiger partial charge in [0.05, 0.1) is 0 Å². The topological polar surface area (TPSA) is 12.5 Å². The van der Waals surface area contributed by atoms with E-state index in [9.17, 15) is 0 Å². The minimum absolute atomic E-state index is 0.296. The zero-order valence-corrected chi connectivity index (χ0v) is 8.89. The molecular formula is C11H13B2NO. The van der Waals surface area contributed by atoms with E-state index in [1.807, 2.05) is 0 Å². The highest BCUT2D eigenvalue weighted by Crippen LogP contribution is 2.19. The minimum atomic E-state index is -0.296. The first kappa shape index (κ1) is 10.6. The number of aryl methyl sites for hydroxylation is 1. The van der Waals surface area contributed by atoms with Crippen LogP contribution >= 0.6 is 0 Å². The summed E-state index contributed by atoms with van der Waals surface area (Å²) < 4.78 is 5.28. The summed E-state index contributed by atoms with van der Waals surface area (Å²) in [5, 5.41) is 0. The lowest BCUT2D eigenvalue weighted by Gasteiger charge is -2.37. The van der Waals surface area contributed by atoms with Crippen LogP contribution in [0.3, 0.4) is 0 Å². The van der Waals surface area contributed by atoms with Crippen molar-refractivity contribution in [3.63, 3.8) is 0 Å². The summed E-state index contributed by atoms with van der Waals surface area (Å²) >= 11 is 0. The van der Waals surface area contributed by atoms with Crippen LogP contribution in [-0.2, 0) is 4.74 Å². The second-order valence-electron chi connectivity index (χ2n) is 3.95. The van der Waals surface area contributed by atoms with E-state index in [1.54, 1.807) is 0 Å². The van der Waals surface area contributed by atoms with E-state index >= 15 is 0 Å². The first-order chi connectivity index (χ1) is 7.15. The number of hydrogen-bond donors (Lipinski definition) is 0. The molecular weight excluding hydrogens is 184 g/mol. The summed E-state index contributed by atoms with van der Waals surface area (Å²) in [5.74, 6) is 0. The van der Waals surface area contributed by atoms with Gasteiger partial charge in [-0.3, -0.25) is 0 Å². The van der Waals surface area contributed by atoms with Crippen molar-refractivity contribution >= 4 is 21.4 Å². The molecule has 0 bridgehead atoms. The summed E-state index contributed by atoms with van der Waals surface area (Å²) in [7, 11) is 11.5. The number of hydrogen-bond acceptors (Lipinski definition) is 2. The van der Waals surface area contributed by atoms with Crippen molar-refractivity contribution in [3.05, 3.63) is 29.8 Å². The summed E-state index contributed by atoms with van der Waals surface area (Å²) in [4.78, 5) is 2.15. The number of anilines is 1. The largest absolute Gasteiger partial charge is 0.391 e. The van der Waals surface area contributed by atoms with E-state index in [0.29, 0.717) is 13.1 Å². The maximum atomic E-state index is 5.74. The fourth-order valence-electron chi connectivity index (χ4n) is 1.79. The molecule has 15 heavy (non-hydrogen) atoms. The first-order valence-corrected chi connectivity index (χ1v) is 5.13. The Labute approximate surface area is 93.4 Å². The summed E-state index contributed by atoms with van der Waals surface area (Å²) in [6.07, 6.45) is 0. The standard InChI is InChI=1S/C11H13B2NO/c1-8-2-4-9(5-3-8)14-6-10(12)15-11(13)7-14/h2-5,10-11H,6-7H2,1H3. The van der Waals surface area contributed by atoms with Crippen LogP contribution < -0.4 is 4.90 Å². The van der Waals surface area contributed by atoms with Crippen molar-refractivity contribution in [2.24, 2.45) is 0 Å². The highest BCUT2D eigenvalue weighted by molar-refractivity contribution is 6.14. The van der Waals surface area contributed by atoms with Crippen LogP contribution in [0.1, 0.15) is 5.56 Å². The lowest BCUT2D eigenvalue weighted by molar-refractivity contribution is 0.0651. The molecule has 2 rings (SSSR count). The molecule has 1 aromatic rings. The minimum Gasteiger partial charge on any atom is -0.391 e. The van der Waals surface area contributed by atoms with Gasteiger partial charge in [0, 0.05) is 30.8 Å². The Morgan fingerprint density at radius 1 is 1.13 bits per heavy atom. The van der Waals surface area contributed by atoms with Crippen LogP contribution in [0.5, 0.6) is 0 Å². The predicted molar refractivity (Wildman–Crippen MR) is 63.6 cm³/mol. The molecule has 2 atom stereocenters. The van der Waals surface area contributed by atoms with Gasteiger partial charge in [0.25, 0.3) is 0 Å². The normalized spacial score (nSPS) is 26.6. The monoisotopic (exact) mass is 197 g/mol. The van der Waals surface area contributed by atoms with Crippen LogP contribution in [0.2, 0.25) is 0 Å². The predicted octanol–water partition coefficient (Wildman–Crippen LogP) is 0.821. The lowest BCUT2D eigenvalue weighted by Crippen LogP contribution is -2.48. The van der Waals surface area contributed by atoms with Crippen molar-refractivity contribution in [2.75, 3.05) is 18.0 Å². The quantitative estimate of drug-likeness (QED) is 0.617. The van der Waals surface area contributed by atoms with E-state index < -0.39 is 0 Å². The second kappa shape index (κ2) is 4.31. The lowest BCUT2D eigenvalue weighted by atomic mass is 9.91. The zero-order valence-electron chi connectivity index (χ0n) is 8.89. The molecule has 0 aromatic heterocycles. The molecule has 2 unspecified atom stereocenters. The van der Waals surface area contributed by atoms with Gasteiger partial charge in [-0.1, -0.05) is 17.7 Å². The molecule has 2 nitrogen and oxygen atoms in total. The van der Waals surface area contributed by atoms with Crippen LogP contribution in [-0.4, -0.2) is 40.8 Å². The molecule has 0 N–H and O–H groups in total. The van der Waals surface area contributed by atoms with E-state index in [-0.39, 0.29) is 12.0 Å². The molecule has 4 radical (unpaired) electrons. The third kappa shape index (κ3) is 2.57. The van der Waals surface area contributed by atoms with Crippen molar-refractivity contribution < 1.29 is 4.74 Å². The van der Waals surface area contributed by atoms with Gasteiger partial charge < -0.3 is 9.64 Å². The zero-order chi connectivity index (χ0) is 10.8. The van der Waals surface area contributed by atoms with Crippen molar-refractivity contribution in [1.29, 1.82) is 0 Å². The number of nitrogens with zero attached hydrogens (tertiary/aromatic N) is 1. The van der Waals surface area contributed by atoms with Crippen molar-refractivity contribution in [2.45, 2.75) is 18.9 Å². The summed E-state index contributed by atoms with van der Waals surface area (Å²) in [6.45, 7) is 3.45. The molecule has 1 aliphatic rings. The molecule has 1 saturated heterocycles. The van der Waals surface area contributed by atoms with E-state index in [4.69, 9.17) is 20.4 Å². The van der Waals surface area contributed by atoms with E-state index in [1.165, 1.54) is 5.56 Å². The molecule has 0 amide bonds. The smallest absolute Gasteiger partial charge is 0.111 e. The Bertz CT molecular complexity index is 318. The first-order valence-electron chi connectivity index (χ1n) is 5.13. The number of morpholine rings is 1. The van der Waals surface area contributed by atoms with Crippen LogP contribution in [0.25, 0.3) is 0 Å². The van der Waals surface area contributed by atoms with E-state index in [0.717, 1.165) is 5.69 Å². The van der Waals surface area contributed by atoms with Crippen LogP contribution in [0.4, 0.5) is 5.69 Å². The molecule has 1 aromatic carbocycles. The maximum absolute atomic E-state index is 5.74. The third-order valence-electron chi connectivity index (χ3n) is 2.55. The Hall–Kier alpha value is -0.890. The molecule has 1 heterocycles. The molecule has 1 aliphatic heterocycles. The van der Waals surface area contributed by atoms with Gasteiger partial charge in [0.1, 0.15) is 15.7 Å². The molecule has 0 saturated carbocycles. The summed E-state index contributed by atoms with van der Waals surface area (Å²) in [6, 6.07) is 7.74. The third-order valence-corrected chi connectivity index (χ3v) is 2.55. The number of benzene rings is 1. The molecule has 4 heteroatoms. The average molecular weight is 197 g/mol. The van der Waals surface area contributed by atoms with Gasteiger partial charge in [-0.2, -0.15) is 0 Å². The highest BCUT2D eigenvalue weighted by atomic mass is 16.5. The fourth-order valence-corrected chi connectivity index (χ4v) is 1.79.